The molecule has 1 radical (unpaired) electrons. The van der Waals surface area contributed by atoms with Crippen LogP contribution in [0.4, 0.5) is 0 Å². The topological polar surface area (TPSA) is 105 Å². The van der Waals surface area contributed by atoms with Crippen LogP contribution in [0.15, 0.2) is 273 Å². The number of benzene rings is 9. The van der Waals surface area contributed by atoms with Gasteiger partial charge < -0.3 is 0 Å². The average molecular weight is 1350 g/mol. The minimum absolute atomic E-state index is 0. The van der Waals surface area contributed by atoms with Crippen LogP contribution in [0.5, 0.6) is 0 Å². The third-order valence-corrected chi connectivity index (χ3v) is 22.1. The summed E-state index contributed by atoms with van der Waals surface area (Å²) in [6, 6.07) is 89.8. The van der Waals surface area contributed by atoms with Gasteiger partial charge in [-0.3, -0.25) is 0 Å². The molecular formula is C57H49Au2ClO6P3. The number of carbonyl (C=O) groups is 1. The number of halogens is 1. The molecule has 12 heteroatoms. The number of hydrogen-bond acceptors (Lipinski definition) is 6. The van der Waals surface area contributed by atoms with Crippen LogP contribution < -0.4 is 61.7 Å². The van der Waals surface area contributed by atoms with E-state index in [4.69, 9.17) is 8.81 Å². The second-order valence-electron chi connectivity index (χ2n) is 14.9. The van der Waals surface area contributed by atoms with Gasteiger partial charge in [-0.05, 0) is 47.7 Å². The molecular weight excluding hydrogens is 1300 g/mol. The number of methoxy groups -OCH3 is 1. The fraction of sp³-hybridized carbons (Fsp3) is 0.0175. The predicted octanol–water partition coefficient (Wildman–Crippen LogP) is 6.56. The van der Waals surface area contributed by atoms with E-state index in [2.05, 4.69) is 182 Å². The Kier molecular flexibility index (Phi) is 21.6. The zero-order valence-corrected chi connectivity index (χ0v) is 45.1. The number of carbonyl (C=O) groups excluding carboxylic acids is 1. The number of rotatable bonds is 13. The van der Waals surface area contributed by atoms with E-state index in [1.165, 1.54) is 38.9 Å². The minimum atomic E-state index is -4.94. The minimum Gasteiger partial charge on any atom is -0.0622 e. The number of ether oxygens (including phenoxy) is 1. The summed E-state index contributed by atoms with van der Waals surface area (Å²) in [5.74, 6) is -0.821. The summed E-state index contributed by atoms with van der Waals surface area (Å²) in [7, 11) is -4.66. The standard InChI is InChI=1S/C21H19ClO6P.2C18H15P.2Au/c1-27-21(23)17-29(28-22(24,25)26,18-11-5-2-6-12-18,19-13-7-3-8-14-19)20-15-9-4-10-16-20;2*1-4-10-16(11-5-1)19(17-12-6-2-7-13-17)18-14-8-3-9-15-18;;/h2-17H,1H3;2*1-15H;;/q-1;;;;+1. The van der Waals surface area contributed by atoms with Crippen LogP contribution in [0.3, 0.4) is 0 Å². The zero-order chi connectivity index (χ0) is 46.8. The van der Waals surface area contributed by atoms with Crippen molar-refractivity contribution in [3.05, 3.63) is 279 Å². The summed E-state index contributed by atoms with van der Waals surface area (Å²) in [6.07, 6.45) is 1.11. The second kappa shape index (κ2) is 27.0. The van der Waals surface area contributed by atoms with E-state index < -0.39 is 38.9 Å². The Balaban J connectivity index is 0.000000196. The fourth-order valence-corrected chi connectivity index (χ4v) is 19.0. The number of esters is 1. The third kappa shape index (κ3) is 14.0. The molecule has 69 heavy (non-hydrogen) atoms. The smallest absolute Gasteiger partial charge is 0.0622 e. The monoisotopic (exact) mass is 1350 g/mol. The summed E-state index contributed by atoms with van der Waals surface area (Å²) < 4.78 is 46.7. The molecule has 0 atom stereocenters. The van der Waals surface area contributed by atoms with Crippen LogP contribution in [0.1, 0.15) is 0 Å². The van der Waals surface area contributed by atoms with E-state index in [9.17, 15) is 18.8 Å². The Morgan fingerprint density at radius 1 is 0.391 bits per heavy atom. The van der Waals surface area contributed by atoms with Crippen molar-refractivity contribution in [1.29, 1.82) is 0 Å². The van der Waals surface area contributed by atoms with Crippen LogP contribution >= 0.6 is 22.7 Å². The molecule has 0 saturated heterocycles. The maximum absolute atomic E-state index is 12.6. The Morgan fingerprint density at radius 2 is 0.580 bits per heavy atom. The molecule has 9 rings (SSSR count). The zero-order valence-electron chi connectivity index (χ0n) is 37.3. The Bertz CT molecular complexity index is 2440. The second-order valence-corrected chi connectivity index (χ2v) is 24.7. The van der Waals surface area contributed by atoms with E-state index >= 15 is 0 Å². The van der Waals surface area contributed by atoms with E-state index in [1.807, 2.05) is 0 Å². The average Bonchev–Trinajstić information content (AvgIpc) is 3.39. The van der Waals surface area contributed by atoms with Gasteiger partial charge in [-0.2, -0.15) is 0 Å². The largest absolute Gasteiger partial charge is 1.00 e. The van der Waals surface area contributed by atoms with Crippen molar-refractivity contribution >= 4 is 76.4 Å². The van der Waals surface area contributed by atoms with Gasteiger partial charge in [0.15, 0.2) is 0 Å². The molecule has 0 unspecified atom stereocenters. The predicted molar refractivity (Wildman–Crippen MR) is 273 cm³/mol. The van der Waals surface area contributed by atoms with Gasteiger partial charge in [0.05, 0.1) is 0 Å². The first-order valence-electron chi connectivity index (χ1n) is 21.4. The molecule has 0 aliphatic rings. The van der Waals surface area contributed by atoms with Crippen LogP contribution in [-0.4, -0.2) is 13.1 Å². The van der Waals surface area contributed by atoms with Crippen molar-refractivity contribution in [2.24, 2.45) is 0 Å². The molecule has 0 saturated carbocycles. The van der Waals surface area contributed by atoms with Crippen molar-refractivity contribution < 1.29 is 82.6 Å². The van der Waals surface area contributed by atoms with E-state index in [0.29, 0.717) is 15.9 Å². The van der Waals surface area contributed by atoms with Crippen molar-refractivity contribution in [3.63, 3.8) is 0 Å². The fourth-order valence-electron chi connectivity index (χ4n) is 7.77. The molecule has 0 spiro atoms. The van der Waals surface area contributed by atoms with Crippen molar-refractivity contribution in [2.75, 3.05) is 7.11 Å². The molecule has 0 N–H and O–H groups in total. The van der Waals surface area contributed by atoms with Crippen LogP contribution in [0, 0.1) is 16.4 Å². The summed E-state index contributed by atoms with van der Waals surface area (Å²) in [5.41, 5.74) is 0. The quantitative estimate of drug-likeness (QED) is 0.0561. The van der Waals surface area contributed by atoms with Gasteiger partial charge in [0.25, 0.3) is 0 Å². The summed E-state index contributed by atoms with van der Waals surface area (Å²) >= 11 is 0. The van der Waals surface area contributed by atoms with Gasteiger partial charge in [0.2, 0.25) is 0 Å². The SMILES string of the molecule is COC(=O)[CH-]P(O[Cl+3]([O-])([O-])[O-])(c1ccccc1)(c1ccccc1)c1ccccc1.[Au+].[Au].c1ccc(P(c2ccccc2)c2ccccc2)cc1.c1ccc(P(c2ccccc2)c2ccccc2)cc1. The first kappa shape index (κ1) is 55.2. The molecule has 0 amide bonds. The van der Waals surface area contributed by atoms with Gasteiger partial charge in [0, 0.05) is 22.4 Å². The van der Waals surface area contributed by atoms with Gasteiger partial charge in [-0.15, -0.1) is 0 Å². The first-order chi connectivity index (χ1) is 32.7. The Labute approximate surface area is 441 Å². The Hall–Kier alpha value is -4.78. The summed E-state index contributed by atoms with van der Waals surface area (Å²) in [4.78, 5) is 12.6. The molecule has 0 aliphatic carbocycles. The normalized spacial score (nSPS) is 11.4. The van der Waals surface area contributed by atoms with Crippen LogP contribution in [0.25, 0.3) is 0 Å². The molecule has 0 aliphatic heterocycles. The van der Waals surface area contributed by atoms with E-state index in [0.717, 1.165) is 6.16 Å². The molecule has 6 nitrogen and oxygen atoms in total. The Morgan fingerprint density at radius 3 is 0.754 bits per heavy atom. The van der Waals surface area contributed by atoms with E-state index in [1.54, 1.807) is 91.0 Å². The van der Waals surface area contributed by atoms with Crippen molar-refractivity contribution in [3.8, 4) is 0 Å². The molecule has 0 bridgehead atoms. The molecule has 9 aromatic carbocycles. The van der Waals surface area contributed by atoms with Gasteiger partial charge in [0.1, 0.15) is 0 Å². The molecule has 0 fully saturated rings. The third-order valence-electron chi connectivity index (χ3n) is 10.7. The molecule has 357 valence electrons. The first-order valence-corrected chi connectivity index (χ1v) is 27.5. The van der Waals surface area contributed by atoms with Crippen molar-refractivity contribution in [1.82, 2.24) is 0 Å². The van der Waals surface area contributed by atoms with Crippen LogP contribution in [0.2, 0.25) is 0 Å². The van der Waals surface area contributed by atoms with Crippen LogP contribution in [-0.2, 0) is 58.4 Å². The maximum atomic E-state index is 12.6. The molecule has 9 aromatic rings. The maximum Gasteiger partial charge on any atom is 1.00 e. The van der Waals surface area contributed by atoms with E-state index in [-0.39, 0.29) is 44.8 Å². The van der Waals surface area contributed by atoms with Gasteiger partial charge in [-0.1, -0.05) is 182 Å². The van der Waals surface area contributed by atoms with Gasteiger partial charge in [-0.25, -0.2) is 0 Å². The summed E-state index contributed by atoms with van der Waals surface area (Å²) in [5, 5.41) is 9.49. The number of hydrogen-bond donors (Lipinski definition) is 0. The van der Waals surface area contributed by atoms with Gasteiger partial charge >= 0.3 is 193 Å². The molecule has 0 aromatic heterocycles. The summed E-state index contributed by atoms with van der Waals surface area (Å²) in [6.45, 7) is -4.73. The van der Waals surface area contributed by atoms with Crippen molar-refractivity contribution in [2.45, 2.75) is 0 Å². The molecule has 0 heterocycles.